The molecule has 0 aromatic carbocycles. The highest BCUT2D eigenvalue weighted by Gasteiger charge is 2.16. The van der Waals surface area contributed by atoms with E-state index in [0.29, 0.717) is 12.1 Å². The van der Waals surface area contributed by atoms with Gasteiger partial charge in [0.15, 0.2) is 0 Å². The fourth-order valence-electron chi connectivity index (χ4n) is 1.95. The average molecular weight is 186 g/mol. The van der Waals surface area contributed by atoms with Crippen molar-refractivity contribution in [2.75, 3.05) is 26.7 Å². The molecule has 3 heteroatoms. The van der Waals surface area contributed by atoms with Crippen molar-refractivity contribution in [3.63, 3.8) is 0 Å². The number of hydrogen-bond donors (Lipinski definition) is 1. The van der Waals surface area contributed by atoms with Gasteiger partial charge in [0.05, 0.1) is 6.10 Å². The minimum atomic E-state index is 0.291. The second kappa shape index (κ2) is 5.58. The number of nitrogens with two attached hydrogens (primary N) is 1. The van der Waals surface area contributed by atoms with Crippen LogP contribution in [0.25, 0.3) is 0 Å². The zero-order chi connectivity index (χ0) is 9.68. The minimum absolute atomic E-state index is 0.291. The predicted molar refractivity (Wildman–Crippen MR) is 54.7 cm³/mol. The molecule has 0 bridgehead atoms. The Morgan fingerprint density at radius 2 is 2.23 bits per heavy atom. The first-order chi connectivity index (χ1) is 6.22. The van der Waals surface area contributed by atoms with Gasteiger partial charge in [-0.2, -0.15) is 0 Å². The molecule has 1 rings (SSSR count). The van der Waals surface area contributed by atoms with E-state index in [2.05, 4.69) is 11.8 Å². The molecule has 0 amide bonds. The van der Waals surface area contributed by atoms with E-state index in [1.807, 2.05) is 7.11 Å². The molecule has 3 nitrogen and oxygen atoms in total. The van der Waals surface area contributed by atoms with E-state index in [0.717, 1.165) is 19.5 Å². The zero-order valence-electron chi connectivity index (χ0n) is 8.83. The van der Waals surface area contributed by atoms with Gasteiger partial charge in [0.25, 0.3) is 0 Å². The highest BCUT2D eigenvalue weighted by atomic mass is 16.5. The lowest BCUT2D eigenvalue weighted by Gasteiger charge is -2.21. The summed E-state index contributed by atoms with van der Waals surface area (Å²) in [6, 6.07) is 0.291. The molecule has 0 saturated carbocycles. The van der Waals surface area contributed by atoms with Crippen LogP contribution in [0.4, 0.5) is 0 Å². The first-order valence-corrected chi connectivity index (χ1v) is 5.23. The predicted octanol–water partition coefficient (Wildman–Crippen LogP) is 0.834. The van der Waals surface area contributed by atoms with Crippen LogP contribution in [0, 0.1) is 0 Å². The van der Waals surface area contributed by atoms with E-state index in [-0.39, 0.29) is 0 Å². The molecule has 1 aliphatic rings. The Bertz CT molecular complexity index is 139. The van der Waals surface area contributed by atoms with Crippen LogP contribution in [-0.4, -0.2) is 43.8 Å². The SMILES string of the molecule is COC1CCCN(CC(C)N)CC1. The molecule has 1 heterocycles. The quantitative estimate of drug-likeness (QED) is 0.709. The number of hydrogen-bond acceptors (Lipinski definition) is 3. The average Bonchev–Trinajstić information content (AvgIpc) is 2.29. The molecule has 0 spiro atoms. The van der Waals surface area contributed by atoms with Gasteiger partial charge in [0.2, 0.25) is 0 Å². The van der Waals surface area contributed by atoms with Gasteiger partial charge in [0, 0.05) is 26.2 Å². The summed E-state index contributed by atoms with van der Waals surface area (Å²) in [6.07, 6.45) is 4.07. The van der Waals surface area contributed by atoms with Crippen LogP contribution in [-0.2, 0) is 4.74 Å². The van der Waals surface area contributed by atoms with Crippen LogP contribution in [0.1, 0.15) is 26.2 Å². The molecular weight excluding hydrogens is 164 g/mol. The molecule has 13 heavy (non-hydrogen) atoms. The molecule has 0 aromatic heterocycles. The van der Waals surface area contributed by atoms with E-state index in [9.17, 15) is 0 Å². The van der Waals surface area contributed by atoms with E-state index in [1.54, 1.807) is 0 Å². The lowest BCUT2D eigenvalue weighted by molar-refractivity contribution is 0.0896. The van der Waals surface area contributed by atoms with Crippen molar-refractivity contribution >= 4 is 0 Å². The Morgan fingerprint density at radius 3 is 2.85 bits per heavy atom. The summed E-state index contributed by atoms with van der Waals surface area (Å²) in [5.41, 5.74) is 5.77. The molecule has 1 fully saturated rings. The standard InChI is InChI=1S/C10H22N2O/c1-9(11)8-12-6-3-4-10(13-2)5-7-12/h9-10H,3-8,11H2,1-2H3. The Kier molecular flexibility index (Phi) is 4.70. The maximum atomic E-state index is 5.77. The van der Waals surface area contributed by atoms with Crippen molar-refractivity contribution in [1.82, 2.24) is 4.90 Å². The summed E-state index contributed by atoms with van der Waals surface area (Å²) in [5, 5.41) is 0. The first kappa shape index (κ1) is 11.0. The van der Waals surface area contributed by atoms with Gasteiger partial charge in [-0.15, -0.1) is 0 Å². The second-order valence-electron chi connectivity index (χ2n) is 4.07. The molecule has 1 saturated heterocycles. The third-order valence-electron chi connectivity index (χ3n) is 2.65. The van der Waals surface area contributed by atoms with Gasteiger partial charge in [-0.3, -0.25) is 0 Å². The summed E-state index contributed by atoms with van der Waals surface area (Å²) < 4.78 is 5.37. The Labute approximate surface area is 81.2 Å². The van der Waals surface area contributed by atoms with E-state index in [1.165, 1.54) is 19.4 Å². The maximum absolute atomic E-state index is 5.77. The topological polar surface area (TPSA) is 38.5 Å². The Hall–Kier alpha value is -0.120. The van der Waals surface area contributed by atoms with E-state index in [4.69, 9.17) is 10.5 Å². The normalized spacial score (nSPS) is 28.4. The number of nitrogens with zero attached hydrogens (tertiary/aromatic N) is 1. The van der Waals surface area contributed by atoms with Gasteiger partial charge in [-0.25, -0.2) is 0 Å². The molecule has 1 aliphatic heterocycles. The van der Waals surface area contributed by atoms with Crippen LogP contribution in [0.3, 0.4) is 0 Å². The monoisotopic (exact) mass is 186 g/mol. The van der Waals surface area contributed by atoms with Crippen LogP contribution < -0.4 is 5.73 Å². The molecule has 0 aromatic rings. The Morgan fingerprint density at radius 1 is 1.46 bits per heavy atom. The largest absolute Gasteiger partial charge is 0.381 e. The molecule has 2 unspecified atom stereocenters. The first-order valence-electron chi connectivity index (χ1n) is 5.23. The zero-order valence-corrected chi connectivity index (χ0v) is 8.83. The van der Waals surface area contributed by atoms with Crippen molar-refractivity contribution in [3.05, 3.63) is 0 Å². The van der Waals surface area contributed by atoms with Crippen molar-refractivity contribution in [2.24, 2.45) is 5.73 Å². The lowest BCUT2D eigenvalue weighted by atomic mass is 10.2. The van der Waals surface area contributed by atoms with Crippen LogP contribution in [0.5, 0.6) is 0 Å². The van der Waals surface area contributed by atoms with Crippen molar-refractivity contribution in [2.45, 2.75) is 38.3 Å². The number of rotatable bonds is 3. The highest BCUT2D eigenvalue weighted by molar-refractivity contribution is 4.72. The Balaban J connectivity index is 2.27. The summed E-state index contributed by atoms with van der Waals surface area (Å²) >= 11 is 0. The fraction of sp³-hybridized carbons (Fsp3) is 1.00. The molecule has 2 atom stereocenters. The minimum Gasteiger partial charge on any atom is -0.381 e. The third-order valence-corrected chi connectivity index (χ3v) is 2.65. The van der Waals surface area contributed by atoms with E-state index < -0.39 is 0 Å². The van der Waals surface area contributed by atoms with Crippen LogP contribution >= 0.6 is 0 Å². The number of likely N-dealkylation sites (tertiary alicyclic amines) is 1. The number of methoxy groups -OCH3 is 1. The fourth-order valence-corrected chi connectivity index (χ4v) is 1.95. The van der Waals surface area contributed by atoms with Gasteiger partial charge in [0.1, 0.15) is 0 Å². The maximum Gasteiger partial charge on any atom is 0.0584 e. The molecular formula is C10H22N2O. The lowest BCUT2D eigenvalue weighted by Crippen LogP contribution is -2.36. The van der Waals surface area contributed by atoms with Crippen LogP contribution in [0.15, 0.2) is 0 Å². The summed E-state index contributed by atoms with van der Waals surface area (Å²) in [7, 11) is 1.81. The summed E-state index contributed by atoms with van der Waals surface area (Å²) in [4.78, 5) is 2.45. The second-order valence-corrected chi connectivity index (χ2v) is 4.07. The molecule has 0 radical (unpaired) electrons. The van der Waals surface area contributed by atoms with Gasteiger partial charge in [-0.05, 0) is 32.7 Å². The van der Waals surface area contributed by atoms with Crippen LogP contribution in [0.2, 0.25) is 0 Å². The summed E-state index contributed by atoms with van der Waals surface area (Å²) in [5.74, 6) is 0. The number of ether oxygens (including phenoxy) is 1. The third kappa shape index (κ3) is 4.07. The molecule has 0 aliphatic carbocycles. The smallest absolute Gasteiger partial charge is 0.0584 e. The van der Waals surface area contributed by atoms with Crippen molar-refractivity contribution in [1.29, 1.82) is 0 Å². The van der Waals surface area contributed by atoms with Gasteiger partial charge < -0.3 is 15.4 Å². The van der Waals surface area contributed by atoms with Crippen molar-refractivity contribution in [3.8, 4) is 0 Å². The van der Waals surface area contributed by atoms with Gasteiger partial charge in [-0.1, -0.05) is 0 Å². The van der Waals surface area contributed by atoms with Crippen molar-refractivity contribution < 1.29 is 4.74 Å². The molecule has 2 N–H and O–H groups in total. The summed E-state index contributed by atoms with van der Waals surface area (Å²) in [6.45, 7) is 5.41. The van der Waals surface area contributed by atoms with Gasteiger partial charge >= 0.3 is 0 Å². The van der Waals surface area contributed by atoms with E-state index >= 15 is 0 Å². The molecule has 78 valence electrons. The highest BCUT2D eigenvalue weighted by Crippen LogP contribution is 2.13.